The molecule has 3 nitrogen and oxygen atoms in total. The molecule has 0 spiro atoms. The van der Waals surface area contributed by atoms with Gasteiger partial charge in [0.2, 0.25) is 5.91 Å². The van der Waals surface area contributed by atoms with Crippen LogP contribution in [0.4, 0.5) is 0 Å². The predicted molar refractivity (Wildman–Crippen MR) is 73.8 cm³/mol. The van der Waals surface area contributed by atoms with Crippen molar-refractivity contribution in [2.24, 2.45) is 11.7 Å². The van der Waals surface area contributed by atoms with Crippen LogP contribution in [-0.2, 0) is 4.79 Å². The molecule has 1 amide bonds. The largest absolute Gasteiger partial charge is 0.369 e. The SMILES string of the molecule is CCCCCCCCC(C(N)=O)C(C)N(C)C. The van der Waals surface area contributed by atoms with Crippen molar-refractivity contribution < 1.29 is 4.79 Å². The van der Waals surface area contributed by atoms with E-state index in [0.717, 1.165) is 12.8 Å². The third-order valence-corrected chi connectivity index (χ3v) is 3.63. The molecule has 0 aromatic rings. The summed E-state index contributed by atoms with van der Waals surface area (Å²) in [6.07, 6.45) is 8.49. The molecule has 0 saturated heterocycles. The second kappa shape index (κ2) is 9.46. The summed E-state index contributed by atoms with van der Waals surface area (Å²) in [4.78, 5) is 13.5. The van der Waals surface area contributed by atoms with E-state index in [1.807, 2.05) is 14.1 Å². The first-order valence-electron chi connectivity index (χ1n) is 6.96. The fraction of sp³-hybridized carbons (Fsp3) is 0.929. The Labute approximate surface area is 107 Å². The molecule has 0 bridgehead atoms. The van der Waals surface area contributed by atoms with Gasteiger partial charge in [-0.15, -0.1) is 0 Å². The van der Waals surface area contributed by atoms with E-state index >= 15 is 0 Å². The van der Waals surface area contributed by atoms with E-state index in [-0.39, 0.29) is 17.9 Å². The van der Waals surface area contributed by atoms with Crippen LogP contribution in [0.5, 0.6) is 0 Å². The molecule has 0 radical (unpaired) electrons. The Morgan fingerprint density at radius 2 is 1.65 bits per heavy atom. The normalized spacial score (nSPS) is 14.9. The molecular weight excluding hydrogens is 212 g/mol. The van der Waals surface area contributed by atoms with Crippen molar-refractivity contribution in [1.82, 2.24) is 4.90 Å². The van der Waals surface area contributed by atoms with E-state index in [4.69, 9.17) is 5.73 Å². The summed E-state index contributed by atoms with van der Waals surface area (Å²) in [7, 11) is 4.00. The Morgan fingerprint density at radius 3 is 2.12 bits per heavy atom. The molecule has 2 unspecified atom stereocenters. The number of primary amides is 1. The maximum absolute atomic E-state index is 11.4. The molecule has 0 rings (SSSR count). The summed E-state index contributed by atoms with van der Waals surface area (Å²) in [6, 6.07) is 0.239. The second-order valence-electron chi connectivity index (χ2n) is 5.27. The van der Waals surface area contributed by atoms with E-state index in [0.29, 0.717) is 0 Å². The maximum Gasteiger partial charge on any atom is 0.222 e. The molecule has 0 aliphatic rings. The van der Waals surface area contributed by atoms with Gasteiger partial charge in [-0.25, -0.2) is 0 Å². The molecule has 0 heterocycles. The quantitative estimate of drug-likeness (QED) is 0.599. The summed E-state index contributed by atoms with van der Waals surface area (Å²) >= 11 is 0. The number of carbonyl (C=O) groups is 1. The molecule has 2 N–H and O–H groups in total. The summed E-state index contributed by atoms with van der Waals surface area (Å²) in [6.45, 7) is 4.30. The van der Waals surface area contributed by atoms with Crippen LogP contribution >= 0.6 is 0 Å². The second-order valence-corrected chi connectivity index (χ2v) is 5.27. The van der Waals surface area contributed by atoms with Crippen molar-refractivity contribution in [2.75, 3.05) is 14.1 Å². The van der Waals surface area contributed by atoms with Crippen LogP contribution in [0.2, 0.25) is 0 Å². The highest BCUT2D eigenvalue weighted by Gasteiger charge is 2.23. The van der Waals surface area contributed by atoms with Crippen molar-refractivity contribution in [1.29, 1.82) is 0 Å². The molecule has 0 aromatic carbocycles. The van der Waals surface area contributed by atoms with Crippen LogP contribution in [0.3, 0.4) is 0 Å². The minimum atomic E-state index is -0.153. The molecule has 0 aliphatic heterocycles. The zero-order valence-corrected chi connectivity index (χ0v) is 12.0. The van der Waals surface area contributed by atoms with Crippen molar-refractivity contribution >= 4 is 5.91 Å². The van der Waals surface area contributed by atoms with Crippen LogP contribution in [-0.4, -0.2) is 30.9 Å². The third kappa shape index (κ3) is 7.37. The number of nitrogens with zero attached hydrogens (tertiary/aromatic N) is 1. The van der Waals surface area contributed by atoms with Gasteiger partial charge < -0.3 is 10.6 Å². The lowest BCUT2D eigenvalue weighted by molar-refractivity contribution is -0.123. The number of hydrogen-bond donors (Lipinski definition) is 1. The molecule has 2 atom stereocenters. The van der Waals surface area contributed by atoms with Crippen LogP contribution < -0.4 is 5.73 Å². The van der Waals surface area contributed by atoms with Crippen molar-refractivity contribution in [3.8, 4) is 0 Å². The Bertz CT molecular complexity index is 204. The van der Waals surface area contributed by atoms with Gasteiger partial charge >= 0.3 is 0 Å². The van der Waals surface area contributed by atoms with E-state index in [1.54, 1.807) is 0 Å². The minimum absolute atomic E-state index is 0.00354. The summed E-state index contributed by atoms with van der Waals surface area (Å²) < 4.78 is 0. The minimum Gasteiger partial charge on any atom is -0.369 e. The Balaban J connectivity index is 3.83. The van der Waals surface area contributed by atoms with Crippen molar-refractivity contribution in [2.45, 2.75) is 64.8 Å². The summed E-state index contributed by atoms with van der Waals surface area (Å²) in [5.74, 6) is -0.157. The topological polar surface area (TPSA) is 46.3 Å². The Hall–Kier alpha value is -0.570. The number of rotatable bonds is 10. The first-order valence-corrected chi connectivity index (χ1v) is 6.96. The molecule has 0 aromatic heterocycles. The molecule has 0 aliphatic carbocycles. The standard InChI is InChI=1S/C14H30N2O/c1-5-6-7-8-9-10-11-13(14(15)17)12(2)16(3)4/h12-13H,5-11H2,1-4H3,(H2,15,17). The third-order valence-electron chi connectivity index (χ3n) is 3.63. The number of nitrogens with two attached hydrogens (primary N) is 1. The van der Waals surface area contributed by atoms with Crippen LogP contribution in [0.1, 0.15) is 58.8 Å². The van der Waals surface area contributed by atoms with Gasteiger partial charge in [0.15, 0.2) is 0 Å². The highest BCUT2D eigenvalue weighted by Crippen LogP contribution is 2.17. The van der Waals surface area contributed by atoms with Crippen LogP contribution in [0.25, 0.3) is 0 Å². The molecule has 3 heteroatoms. The van der Waals surface area contributed by atoms with E-state index in [2.05, 4.69) is 18.7 Å². The van der Waals surface area contributed by atoms with Gasteiger partial charge in [0.1, 0.15) is 0 Å². The van der Waals surface area contributed by atoms with Crippen LogP contribution in [0, 0.1) is 5.92 Å². The Morgan fingerprint density at radius 1 is 1.12 bits per heavy atom. The van der Waals surface area contributed by atoms with Gasteiger partial charge in [0, 0.05) is 6.04 Å². The van der Waals surface area contributed by atoms with Gasteiger partial charge in [-0.3, -0.25) is 4.79 Å². The fourth-order valence-corrected chi connectivity index (χ4v) is 2.13. The zero-order chi connectivity index (χ0) is 13.3. The highest BCUT2D eigenvalue weighted by atomic mass is 16.1. The van der Waals surface area contributed by atoms with E-state index < -0.39 is 0 Å². The van der Waals surface area contributed by atoms with Gasteiger partial charge in [-0.1, -0.05) is 45.4 Å². The number of amides is 1. The molecule has 17 heavy (non-hydrogen) atoms. The summed E-state index contributed by atoms with van der Waals surface area (Å²) in [5.41, 5.74) is 5.47. The lowest BCUT2D eigenvalue weighted by atomic mass is 9.93. The zero-order valence-electron chi connectivity index (χ0n) is 12.0. The number of unbranched alkanes of at least 4 members (excludes halogenated alkanes) is 5. The maximum atomic E-state index is 11.4. The van der Waals surface area contributed by atoms with Gasteiger partial charge in [-0.05, 0) is 27.4 Å². The summed E-state index contributed by atoms with van der Waals surface area (Å²) in [5, 5.41) is 0. The molecular formula is C14H30N2O. The predicted octanol–water partition coefficient (Wildman–Crippen LogP) is 2.79. The fourth-order valence-electron chi connectivity index (χ4n) is 2.13. The van der Waals surface area contributed by atoms with Crippen molar-refractivity contribution in [3.63, 3.8) is 0 Å². The van der Waals surface area contributed by atoms with Gasteiger partial charge in [-0.2, -0.15) is 0 Å². The average molecular weight is 242 g/mol. The molecule has 0 saturated carbocycles. The van der Waals surface area contributed by atoms with Crippen LogP contribution in [0.15, 0.2) is 0 Å². The first-order chi connectivity index (χ1) is 8.00. The monoisotopic (exact) mass is 242 g/mol. The molecule has 102 valence electrons. The van der Waals surface area contributed by atoms with Gasteiger partial charge in [0.25, 0.3) is 0 Å². The highest BCUT2D eigenvalue weighted by molar-refractivity contribution is 5.77. The molecule has 0 fully saturated rings. The lowest BCUT2D eigenvalue weighted by Gasteiger charge is -2.27. The Kier molecular flexibility index (Phi) is 9.14. The number of hydrogen-bond acceptors (Lipinski definition) is 2. The number of carbonyl (C=O) groups excluding carboxylic acids is 1. The smallest absolute Gasteiger partial charge is 0.222 e. The van der Waals surface area contributed by atoms with E-state index in [1.165, 1.54) is 32.1 Å². The van der Waals surface area contributed by atoms with Gasteiger partial charge in [0.05, 0.1) is 5.92 Å². The average Bonchev–Trinajstić information content (AvgIpc) is 2.26. The van der Waals surface area contributed by atoms with E-state index in [9.17, 15) is 4.79 Å². The lowest BCUT2D eigenvalue weighted by Crippen LogP contribution is -2.40. The first kappa shape index (κ1) is 16.4. The van der Waals surface area contributed by atoms with Crippen molar-refractivity contribution in [3.05, 3.63) is 0 Å².